The zero-order chi connectivity index (χ0) is 19.3. The molecule has 0 amide bonds. The predicted molar refractivity (Wildman–Crippen MR) is 107 cm³/mol. The predicted octanol–water partition coefficient (Wildman–Crippen LogP) is 3.94. The molecule has 1 heterocycles. The third kappa shape index (κ3) is 5.10. The van der Waals surface area contributed by atoms with Crippen molar-refractivity contribution in [1.82, 2.24) is 0 Å². The van der Waals surface area contributed by atoms with Crippen LogP contribution in [0.4, 0.5) is 0 Å². The smallest absolute Gasteiger partial charge is 0.458 e. The number of phenolic OH excluding ortho intramolecular Hbond substituents is 1. The van der Waals surface area contributed by atoms with Crippen LogP contribution in [0, 0.1) is 13.8 Å². The number of allylic oxidation sites excluding steroid dienone is 2. The molecule has 0 radical (unpaired) electrons. The van der Waals surface area contributed by atoms with Crippen LogP contribution in [0.5, 0.6) is 5.75 Å². The molecule has 0 aliphatic carbocycles. The van der Waals surface area contributed by atoms with Gasteiger partial charge in [-0.3, -0.25) is 0 Å². The molecule has 5 heteroatoms. The first kappa shape index (κ1) is 20.5. The molecule has 1 aliphatic rings. The molecule has 26 heavy (non-hydrogen) atoms. The highest BCUT2D eigenvalue weighted by atomic mass is 16.5. The van der Waals surface area contributed by atoms with Gasteiger partial charge in [-0.25, -0.2) is 0 Å². The number of aromatic hydroxyl groups is 1. The van der Waals surface area contributed by atoms with Gasteiger partial charge in [0.25, 0.3) is 0 Å². The third-order valence-corrected chi connectivity index (χ3v) is 4.87. The summed E-state index contributed by atoms with van der Waals surface area (Å²) in [7, 11) is -0.799. The van der Waals surface area contributed by atoms with E-state index in [1.807, 2.05) is 32.1 Å². The summed E-state index contributed by atoms with van der Waals surface area (Å²) in [5.41, 5.74) is 5.63. The van der Waals surface area contributed by atoms with E-state index < -0.39 is 7.12 Å². The molecule has 3 N–H and O–H groups in total. The normalized spacial score (nSPS) is 18.0. The second kappa shape index (κ2) is 9.22. The van der Waals surface area contributed by atoms with Crippen molar-refractivity contribution in [2.75, 3.05) is 6.61 Å². The van der Waals surface area contributed by atoms with Crippen LogP contribution in [0.25, 0.3) is 6.08 Å². The molecule has 0 fully saturated rings. The van der Waals surface area contributed by atoms with Crippen molar-refractivity contribution in [3.05, 3.63) is 58.2 Å². The van der Waals surface area contributed by atoms with E-state index in [1.165, 1.54) is 5.57 Å². The number of hydrogen-bond donors (Lipinski definition) is 3. The van der Waals surface area contributed by atoms with Gasteiger partial charge in [0.2, 0.25) is 0 Å². The lowest BCUT2D eigenvalue weighted by molar-refractivity contribution is 0.180. The molecule has 0 saturated carbocycles. The quantitative estimate of drug-likeness (QED) is 0.648. The molecule has 140 valence electrons. The summed E-state index contributed by atoms with van der Waals surface area (Å²) in [6.07, 6.45) is 6.70. The van der Waals surface area contributed by atoms with Gasteiger partial charge >= 0.3 is 7.12 Å². The van der Waals surface area contributed by atoms with Gasteiger partial charge in [-0.1, -0.05) is 31.2 Å². The van der Waals surface area contributed by atoms with Crippen LogP contribution in [-0.2, 0) is 4.65 Å². The number of benzene rings is 1. The lowest BCUT2D eigenvalue weighted by Gasteiger charge is -2.28. The molecular weight excluding hydrogens is 327 g/mol. The molecule has 0 bridgehead atoms. The van der Waals surface area contributed by atoms with Crippen molar-refractivity contribution in [3.8, 4) is 5.75 Å². The van der Waals surface area contributed by atoms with Gasteiger partial charge in [-0.05, 0) is 73.1 Å². The van der Waals surface area contributed by atoms with Crippen molar-refractivity contribution >= 4 is 13.2 Å². The Hall–Kier alpha value is -1.82. The van der Waals surface area contributed by atoms with Gasteiger partial charge in [0.05, 0.1) is 12.7 Å². The Bertz CT molecular complexity index is 698. The topological polar surface area (TPSA) is 69.9 Å². The minimum atomic E-state index is -0.799. The molecule has 1 atom stereocenters. The number of hydrogen-bond acceptors (Lipinski definition) is 4. The van der Waals surface area contributed by atoms with Crippen LogP contribution < -0.4 is 0 Å². The first-order valence-electron chi connectivity index (χ1n) is 9.17. The SMILES string of the molecule is C=C(CO)C1=CCB(O)OC1CC/C(=C/c1cc(C)c(O)c(C)c1)CC. The van der Waals surface area contributed by atoms with E-state index in [4.69, 9.17) is 4.65 Å². The van der Waals surface area contributed by atoms with Crippen LogP contribution in [0.1, 0.15) is 42.9 Å². The van der Waals surface area contributed by atoms with E-state index in [0.717, 1.165) is 41.5 Å². The van der Waals surface area contributed by atoms with Gasteiger partial charge in [0, 0.05) is 6.32 Å². The average Bonchev–Trinajstić information content (AvgIpc) is 2.62. The molecule has 4 nitrogen and oxygen atoms in total. The Morgan fingerprint density at radius 2 is 2.00 bits per heavy atom. The van der Waals surface area contributed by atoms with Crippen LogP contribution in [0.2, 0.25) is 6.32 Å². The second-order valence-electron chi connectivity index (χ2n) is 6.93. The number of phenols is 1. The van der Waals surface area contributed by atoms with Gasteiger partial charge in [0.1, 0.15) is 5.75 Å². The summed E-state index contributed by atoms with van der Waals surface area (Å²) in [5, 5.41) is 29.1. The van der Waals surface area contributed by atoms with Crippen LogP contribution in [0.15, 0.2) is 41.5 Å². The van der Waals surface area contributed by atoms with Crippen molar-refractivity contribution < 1.29 is 19.9 Å². The summed E-state index contributed by atoms with van der Waals surface area (Å²) in [5.74, 6) is 0.349. The average molecular weight is 356 g/mol. The van der Waals surface area contributed by atoms with E-state index in [0.29, 0.717) is 17.6 Å². The maximum absolute atomic E-state index is 9.93. The van der Waals surface area contributed by atoms with E-state index in [9.17, 15) is 15.2 Å². The minimum absolute atomic E-state index is 0.107. The lowest BCUT2D eigenvalue weighted by atomic mass is 9.78. The van der Waals surface area contributed by atoms with Crippen molar-refractivity contribution in [3.63, 3.8) is 0 Å². The molecule has 1 aromatic rings. The van der Waals surface area contributed by atoms with Crippen molar-refractivity contribution in [2.24, 2.45) is 0 Å². The maximum Gasteiger partial charge on any atom is 0.458 e. The fourth-order valence-electron chi connectivity index (χ4n) is 3.34. The van der Waals surface area contributed by atoms with Crippen LogP contribution in [-0.4, -0.2) is 35.1 Å². The summed E-state index contributed by atoms with van der Waals surface area (Å²) >= 11 is 0. The number of rotatable bonds is 7. The summed E-state index contributed by atoms with van der Waals surface area (Å²) in [6.45, 7) is 9.71. The number of aliphatic hydroxyl groups is 1. The summed E-state index contributed by atoms with van der Waals surface area (Å²) in [6, 6.07) is 3.97. The number of aryl methyl sites for hydroxylation is 2. The lowest BCUT2D eigenvalue weighted by Crippen LogP contribution is -2.32. The Morgan fingerprint density at radius 3 is 2.58 bits per heavy atom. The van der Waals surface area contributed by atoms with Crippen molar-refractivity contribution in [1.29, 1.82) is 0 Å². The van der Waals surface area contributed by atoms with Crippen molar-refractivity contribution in [2.45, 2.75) is 52.5 Å². The molecule has 0 aromatic heterocycles. The van der Waals surface area contributed by atoms with Gasteiger partial charge in [0.15, 0.2) is 0 Å². The fourth-order valence-corrected chi connectivity index (χ4v) is 3.34. The molecule has 0 saturated heterocycles. The van der Waals surface area contributed by atoms with E-state index in [-0.39, 0.29) is 12.7 Å². The zero-order valence-electron chi connectivity index (χ0n) is 16.0. The minimum Gasteiger partial charge on any atom is -0.507 e. The Balaban J connectivity index is 2.13. The first-order chi connectivity index (χ1) is 12.3. The maximum atomic E-state index is 9.93. The highest BCUT2D eigenvalue weighted by Gasteiger charge is 2.27. The Morgan fingerprint density at radius 1 is 1.35 bits per heavy atom. The number of aliphatic hydroxyl groups excluding tert-OH is 1. The van der Waals surface area contributed by atoms with E-state index in [1.54, 1.807) is 0 Å². The van der Waals surface area contributed by atoms with Gasteiger partial charge in [-0.15, -0.1) is 0 Å². The standard InChI is InChI=1S/C21H29BO4/c1-5-17(12-18-10-14(2)21(24)15(3)11-18)6-7-20-19(16(4)13-23)8-9-22(25)26-20/h8,10-12,20,23-25H,4-7,9,13H2,1-3H3/b17-12+. The monoisotopic (exact) mass is 356 g/mol. The molecule has 2 rings (SSSR count). The van der Waals surface area contributed by atoms with Gasteiger partial charge < -0.3 is 19.9 Å². The molecular formula is C21H29BO4. The van der Waals surface area contributed by atoms with Gasteiger partial charge in [-0.2, -0.15) is 0 Å². The zero-order valence-corrected chi connectivity index (χ0v) is 16.0. The Kier molecular flexibility index (Phi) is 7.27. The third-order valence-electron chi connectivity index (χ3n) is 4.87. The fraction of sp³-hybridized carbons (Fsp3) is 0.429. The largest absolute Gasteiger partial charge is 0.507 e. The molecule has 1 unspecified atom stereocenters. The first-order valence-corrected chi connectivity index (χ1v) is 9.17. The molecule has 1 aromatic carbocycles. The van der Waals surface area contributed by atoms with Crippen LogP contribution >= 0.6 is 0 Å². The molecule has 1 aliphatic heterocycles. The van der Waals surface area contributed by atoms with E-state index in [2.05, 4.69) is 19.6 Å². The van der Waals surface area contributed by atoms with Crippen LogP contribution in [0.3, 0.4) is 0 Å². The highest BCUT2D eigenvalue weighted by molar-refractivity contribution is 6.43. The Labute approximate surface area is 156 Å². The molecule has 0 spiro atoms. The summed E-state index contributed by atoms with van der Waals surface area (Å²) in [4.78, 5) is 0. The summed E-state index contributed by atoms with van der Waals surface area (Å²) < 4.78 is 5.68. The highest BCUT2D eigenvalue weighted by Crippen LogP contribution is 2.29. The second-order valence-corrected chi connectivity index (χ2v) is 6.93. The van der Waals surface area contributed by atoms with E-state index >= 15 is 0 Å².